The summed E-state index contributed by atoms with van der Waals surface area (Å²) < 4.78 is 28.3. The van der Waals surface area contributed by atoms with E-state index in [-0.39, 0.29) is 12.5 Å². The third-order valence-corrected chi connectivity index (χ3v) is 8.94. The van der Waals surface area contributed by atoms with Crippen LogP contribution in [0.15, 0.2) is 67.0 Å². The van der Waals surface area contributed by atoms with Crippen LogP contribution in [0.5, 0.6) is 5.75 Å². The lowest BCUT2D eigenvalue weighted by molar-refractivity contribution is 0.0830. The smallest absolute Gasteiger partial charge is 0.251 e. The minimum absolute atomic E-state index is 0.250. The van der Waals surface area contributed by atoms with Crippen molar-refractivity contribution in [2.75, 3.05) is 42.1 Å². The molecule has 2 aromatic carbocycles. The van der Waals surface area contributed by atoms with Crippen LogP contribution < -0.4 is 25.0 Å². The number of nitrogens with one attached hydrogen (secondary N) is 3. The van der Waals surface area contributed by atoms with Gasteiger partial charge in [0.1, 0.15) is 5.75 Å². The van der Waals surface area contributed by atoms with Crippen LogP contribution in [0.2, 0.25) is 0 Å². The summed E-state index contributed by atoms with van der Waals surface area (Å²) in [5.41, 5.74) is 3.56. The predicted octanol–water partition coefficient (Wildman–Crippen LogP) is 4.28. The summed E-state index contributed by atoms with van der Waals surface area (Å²) in [4.78, 5) is 17.8. The zero-order chi connectivity index (χ0) is 29.2. The summed E-state index contributed by atoms with van der Waals surface area (Å²) in [7, 11) is -1.33. The number of carbonyl (C=O) groups excluding carboxylic acids is 1. The Kier molecular flexibility index (Phi) is 10.8. The van der Waals surface area contributed by atoms with Gasteiger partial charge in [-0.1, -0.05) is 18.2 Å². The number of ether oxygens (including phenoxy) is 1. The highest BCUT2D eigenvalue weighted by molar-refractivity contribution is 8.25. The molecule has 0 spiro atoms. The Labute approximate surface area is 243 Å². The van der Waals surface area contributed by atoms with E-state index >= 15 is 0 Å². The molecule has 1 aromatic heterocycles. The van der Waals surface area contributed by atoms with Gasteiger partial charge in [-0.3, -0.25) is 23.2 Å². The summed E-state index contributed by atoms with van der Waals surface area (Å²) in [6, 6.07) is 16.1. The lowest BCUT2D eigenvalue weighted by Crippen LogP contribution is -2.48. The van der Waals surface area contributed by atoms with Gasteiger partial charge in [0.2, 0.25) is 0 Å². The molecule has 41 heavy (non-hydrogen) atoms. The van der Waals surface area contributed by atoms with E-state index in [9.17, 15) is 19.0 Å². The molecule has 2 atom stereocenters. The maximum atomic E-state index is 13.6. The number of anilines is 2. The van der Waals surface area contributed by atoms with E-state index in [1.54, 1.807) is 35.9 Å². The number of benzene rings is 2. The first-order valence-electron chi connectivity index (χ1n) is 13.9. The van der Waals surface area contributed by atoms with E-state index < -0.39 is 22.9 Å². The van der Waals surface area contributed by atoms with E-state index in [1.807, 2.05) is 49.4 Å². The summed E-state index contributed by atoms with van der Waals surface area (Å²) in [6.07, 6.45) is 4.48. The molecule has 3 aromatic rings. The molecule has 2 heterocycles. The van der Waals surface area contributed by atoms with E-state index in [4.69, 9.17) is 4.74 Å². The average molecular weight is 584 g/mol. The molecular formula is C30H41N5O5S. The third kappa shape index (κ3) is 8.57. The Morgan fingerprint density at radius 3 is 2.68 bits per heavy atom. The monoisotopic (exact) mass is 583 g/mol. The first kappa shape index (κ1) is 30.6. The number of carbonyl (C=O) groups is 1. The average Bonchev–Trinajstić information content (AvgIpc) is 2.97. The molecule has 222 valence electrons. The third-order valence-electron chi connectivity index (χ3n) is 7.01. The second-order valence-corrected chi connectivity index (χ2v) is 12.3. The highest BCUT2D eigenvalue weighted by Crippen LogP contribution is 2.50. The lowest BCUT2D eigenvalue weighted by Gasteiger charge is -2.47. The minimum atomic E-state index is -2.95. The van der Waals surface area contributed by atoms with Crippen LogP contribution in [0, 0.1) is 0 Å². The molecule has 0 unspecified atom stereocenters. The molecule has 0 aliphatic carbocycles. The quantitative estimate of drug-likeness (QED) is 0.174. The number of aromatic nitrogens is 1. The first-order chi connectivity index (χ1) is 19.8. The van der Waals surface area contributed by atoms with Gasteiger partial charge in [-0.05, 0) is 73.7 Å². The van der Waals surface area contributed by atoms with Gasteiger partial charge in [-0.2, -0.15) is 0 Å². The fraction of sp³-hybridized carbons (Fsp3) is 0.400. The Morgan fingerprint density at radius 1 is 1.12 bits per heavy atom. The molecule has 4 rings (SSSR count). The summed E-state index contributed by atoms with van der Waals surface area (Å²) in [6.45, 7) is 3.88. The van der Waals surface area contributed by atoms with Crippen molar-refractivity contribution in [3.63, 3.8) is 0 Å². The molecular weight excluding hydrogens is 542 g/mol. The number of methoxy groups -OCH3 is 1. The number of rotatable bonds is 13. The maximum absolute atomic E-state index is 13.6. The van der Waals surface area contributed by atoms with Gasteiger partial charge in [0, 0.05) is 49.8 Å². The van der Waals surface area contributed by atoms with E-state index in [0.29, 0.717) is 48.7 Å². The van der Waals surface area contributed by atoms with Crippen molar-refractivity contribution in [1.82, 2.24) is 15.6 Å². The zero-order valence-corrected chi connectivity index (χ0v) is 24.4. The Balaban J connectivity index is 1.52. The van der Waals surface area contributed by atoms with Gasteiger partial charge in [-0.25, -0.2) is 0 Å². The summed E-state index contributed by atoms with van der Waals surface area (Å²) in [5, 5.41) is 20.7. The van der Waals surface area contributed by atoms with Crippen molar-refractivity contribution >= 4 is 28.1 Å². The van der Waals surface area contributed by atoms with Crippen molar-refractivity contribution in [2.24, 2.45) is 0 Å². The number of hydrogen-bond acceptors (Lipinski definition) is 9. The topological polar surface area (TPSA) is 139 Å². The van der Waals surface area contributed by atoms with Gasteiger partial charge in [0.25, 0.3) is 5.91 Å². The normalized spacial score (nSPS) is 16.9. The number of hydrogen-bond donors (Lipinski definition) is 6. The van der Waals surface area contributed by atoms with Crippen LogP contribution in [0.25, 0.3) is 0 Å². The molecule has 1 amide bonds. The largest absolute Gasteiger partial charge is 0.497 e. The van der Waals surface area contributed by atoms with Crippen LogP contribution in [-0.2, 0) is 13.0 Å². The Bertz CT molecular complexity index is 1280. The molecule has 1 fully saturated rings. The molecule has 10 nitrogen and oxygen atoms in total. The molecule has 0 bridgehead atoms. The number of pyridine rings is 1. The number of nitrogens with zero attached hydrogens (tertiary/aromatic N) is 2. The Hall–Kier alpha value is -3.35. The van der Waals surface area contributed by atoms with Gasteiger partial charge in [0.05, 0.1) is 30.7 Å². The number of amides is 1. The van der Waals surface area contributed by atoms with Crippen LogP contribution >= 0.6 is 10.8 Å². The molecule has 0 radical (unpaired) electrons. The lowest BCUT2D eigenvalue weighted by atomic mass is 10.0. The number of aliphatic hydroxyl groups excluding tert-OH is 1. The van der Waals surface area contributed by atoms with E-state index in [0.717, 1.165) is 29.7 Å². The van der Waals surface area contributed by atoms with E-state index in [2.05, 4.69) is 20.9 Å². The second kappa shape index (κ2) is 14.5. The molecule has 6 N–H and O–H groups in total. The SMILES string of the molecule is CCNc1cc(C(=O)N[C@@H](Cc2cccnc2)[C@H](O)CNCc2cccc(OC)c2)cc(N2CCCCS2(O)O)c1. The molecule has 1 saturated heterocycles. The van der Waals surface area contributed by atoms with Crippen LogP contribution in [0.4, 0.5) is 11.4 Å². The molecule has 1 aliphatic heterocycles. The van der Waals surface area contributed by atoms with Crippen molar-refractivity contribution in [3.05, 3.63) is 83.7 Å². The van der Waals surface area contributed by atoms with Gasteiger partial charge in [0.15, 0.2) is 0 Å². The van der Waals surface area contributed by atoms with Gasteiger partial charge in [-0.15, -0.1) is 10.8 Å². The molecule has 0 saturated carbocycles. The minimum Gasteiger partial charge on any atom is -0.497 e. The van der Waals surface area contributed by atoms with Crippen molar-refractivity contribution in [3.8, 4) is 5.75 Å². The highest BCUT2D eigenvalue weighted by atomic mass is 32.3. The maximum Gasteiger partial charge on any atom is 0.251 e. The van der Waals surface area contributed by atoms with Crippen molar-refractivity contribution in [1.29, 1.82) is 0 Å². The van der Waals surface area contributed by atoms with Crippen LogP contribution in [0.1, 0.15) is 41.3 Å². The zero-order valence-electron chi connectivity index (χ0n) is 23.6. The predicted molar refractivity (Wildman–Crippen MR) is 165 cm³/mol. The number of aliphatic hydroxyl groups is 1. The fourth-order valence-corrected chi connectivity index (χ4v) is 6.57. The standard InChI is InChI=1S/C30H41N5O5S/c1-3-33-25-16-24(17-26(18-25)35-12-4-5-13-41(35,38)39)30(37)34-28(15-23-9-7-11-31-19-23)29(36)21-32-20-22-8-6-10-27(14-22)40-2/h6-11,14,16-19,28-29,32-33,36,38-39H,3-5,12-13,15,20-21H2,1-2H3,(H,34,37)/t28-,29+/m0/s1. The summed E-state index contributed by atoms with van der Waals surface area (Å²) in [5.74, 6) is 0.707. The van der Waals surface area contributed by atoms with E-state index in [1.165, 1.54) is 0 Å². The fourth-order valence-electron chi connectivity index (χ4n) is 4.89. The van der Waals surface area contributed by atoms with Crippen LogP contribution in [-0.4, -0.2) is 69.7 Å². The molecule has 11 heteroatoms. The summed E-state index contributed by atoms with van der Waals surface area (Å²) >= 11 is 0. The Morgan fingerprint density at radius 2 is 1.95 bits per heavy atom. The van der Waals surface area contributed by atoms with Crippen molar-refractivity contribution < 1.29 is 23.7 Å². The second-order valence-electron chi connectivity index (χ2n) is 10.1. The van der Waals surface area contributed by atoms with Crippen LogP contribution in [0.3, 0.4) is 0 Å². The van der Waals surface area contributed by atoms with Gasteiger partial charge >= 0.3 is 0 Å². The first-order valence-corrected chi connectivity index (χ1v) is 15.6. The highest BCUT2D eigenvalue weighted by Gasteiger charge is 2.28. The molecule has 1 aliphatic rings. The van der Waals surface area contributed by atoms with Crippen molar-refractivity contribution in [2.45, 2.75) is 44.9 Å². The van der Waals surface area contributed by atoms with Gasteiger partial charge < -0.3 is 25.8 Å².